The van der Waals surface area contributed by atoms with E-state index in [1.54, 1.807) is 0 Å². The second-order valence-corrected chi connectivity index (χ2v) is 5.72. The van der Waals surface area contributed by atoms with Crippen molar-refractivity contribution in [2.24, 2.45) is 0 Å². The van der Waals surface area contributed by atoms with Gasteiger partial charge in [0.05, 0.1) is 6.54 Å². The zero-order valence-corrected chi connectivity index (χ0v) is 10.3. The van der Waals surface area contributed by atoms with Crippen molar-refractivity contribution in [3.05, 3.63) is 24.5 Å². The second kappa shape index (κ2) is 4.46. The molecule has 2 rings (SSSR count). The molecule has 0 aromatic carbocycles. The van der Waals surface area contributed by atoms with Crippen LogP contribution < -0.4 is 5.32 Å². The molecule has 1 unspecified atom stereocenters. The highest BCUT2D eigenvalue weighted by Crippen LogP contribution is 2.18. The lowest BCUT2D eigenvalue weighted by Crippen LogP contribution is -2.58. The average Bonchev–Trinajstić information content (AvgIpc) is 2.34. The van der Waals surface area contributed by atoms with Crippen molar-refractivity contribution in [1.29, 1.82) is 0 Å². The van der Waals surface area contributed by atoms with Crippen LogP contribution in [0.25, 0.3) is 0 Å². The van der Waals surface area contributed by atoms with Crippen molar-refractivity contribution < 1.29 is 18.0 Å². The van der Waals surface area contributed by atoms with E-state index in [9.17, 15) is 18.0 Å². The highest BCUT2D eigenvalue weighted by Gasteiger charge is 2.38. The van der Waals surface area contributed by atoms with E-state index in [4.69, 9.17) is 0 Å². The monoisotopic (exact) mass is 269 g/mol. The fourth-order valence-corrected chi connectivity index (χ4v) is 3.13. The standard InChI is InChI=1S/C10H11N3O4S/c1-7-10(15)12-9(14)6-13(7)18(16,17)8-3-2-4-11-5-8/h2-5,7H,6H2,1H3,(H,12,14,15). The van der Waals surface area contributed by atoms with Gasteiger partial charge < -0.3 is 0 Å². The predicted octanol–water partition coefficient (Wildman–Crippen LogP) is -0.883. The minimum Gasteiger partial charge on any atom is -0.294 e. The van der Waals surface area contributed by atoms with E-state index in [-0.39, 0.29) is 11.4 Å². The highest BCUT2D eigenvalue weighted by atomic mass is 32.2. The fraction of sp³-hybridized carbons (Fsp3) is 0.300. The quantitative estimate of drug-likeness (QED) is 0.703. The third kappa shape index (κ3) is 2.12. The third-order valence-corrected chi connectivity index (χ3v) is 4.51. The van der Waals surface area contributed by atoms with Gasteiger partial charge in [-0.1, -0.05) is 0 Å². The van der Waals surface area contributed by atoms with Crippen molar-refractivity contribution in [1.82, 2.24) is 14.6 Å². The molecule has 1 atom stereocenters. The first kappa shape index (κ1) is 12.7. The lowest BCUT2D eigenvalue weighted by Gasteiger charge is -2.30. The Hall–Kier alpha value is -1.80. The molecule has 0 saturated carbocycles. The molecule has 1 saturated heterocycles. The van der Waals surface area contributed by atoms with Gasteiger partial charge in [0.1, 0.15) is 10.9 Å². The molecule has 0 aliphatic carbocycles. The van der Waals surface area contributed by atoms with Crippen molar-refractivity contribution in [2.45, 2.75) is 17.9 Å². The predicted molar refractivity (Wildman–Crippen MR) is 60.7 cm³/mol. The van der Waals surface area contributed by atoms with Crippen molar-refractivity contribution >= 4 is 21.8 Å². The molecule has 7 nitrogen and oxygen atoms in total. The Bertz CT molecular complexity index is 584. The maximum atomic E-state index is 12.2. The Balaban J connectivity index is 2.41. The summed E-state index contributed by atoms with van der Waals surface area (Å²) in [7, 11) is -3.89. The van der Waals surface area contributed by atoms with Crippen LogP contribution in [0.3, 0.4) is 0 Å². The summed E-state index contributed by atoms with van der Waals surface area (Å²) >= 11 is 0. The van der Waals surface area contributed by atoms with Crippen LogP contribution in [-0.2, 0) is 19.6 Å². The number of hydrogen-bond acceptors (Lipinski definition) is 5. The van der Waals surface area contributed by atoms with Gasteiger partial charge >= 0.3 is 0 Å². The third-order valence-electron chi connectivity index (χ3n) is 2.61. The summed E-state index contributed by atoms with van der Waals surface area (Å²) in [6.07, 6.45) is 2.62. The molecule has 1 aromatic heterocycles. The molecule has 1 N–H and O–H groups in total. The Morgan fingerprint density at radius 3 is 2.78 bits per heavy atom. The first-order chi connectivity index (χ1) is 8.43. The summed E-state index contributed by atoms with van der Waals surface area (Å²) in [5.74, 6) is -1.26. The van der Waals surface area contributed by atoms with Crippen LogP contribution in [-0.4, -0.2) is 42.1 Å². The number of amides is 2. The van der Waals surface area contributed by atoms with Gasteiger partial charge in [0, 0.05) is 12.4 Å². The van der Waals surface area contributed by atoms with Gasteiger partial charge in [-0.25, -0.2) is 8.42 Å². The van der Waals surface area contributed by atoms with Crippen molar-refractivity contribution in [2.75, 3.05) is 6.54 Å². The lowest BCUT2D eigenvalue weighted by molar-refractivity contribution is -0.136. The molecule has 0 spiro atoms. The van der Waals surface area contributed by atoms with Crippen LogP contribution >= 0.6 is 0 Å². The lowest BCUT2D eigenvalue weighted by atomic mass is 10.2. The molecule has 18 heavy (non-hydrogen) atoms. The Kier molecular flexibility index (Phi) is 3.14. The van der Waals surface area contributed by atoms with Crippen LogP contribution in [0.15, 0.2) is 29.4 Å². The van der Waals surface area contributed by atoms with Gasteiger partial charge in [0.2, 0.25) is 21.8 Å². The molecule has 96 valence electrons. The van der Waals surface area contributed by atoms with E-state index in [0.29, 0.717) is 0 Å². The molecule has 1 aromatic rings. The number of carbonyl (C=O) groups excluding carboxylic acids is 2. The fourth-order valence-electron chi connectivity index (χ4n) is 1.62. The highest BCUT2D eigenvalue weighted by molar-refractivity contribution is 7.89. The summed E-state index contributed by atoms with van der Waals surface area (Å²) in [4.78, 5) is 26.4. The zero-order chi connectivity index (χ0) is 13.3. The Morgan fingerprint density at radius 1 is 1.44 bits per heavy atom. The first-order valence-corrected chi connectivity index (χ1v) is 6.62. The molecule has 0 bridgehead atoms. The van der Waals surface area contributed by atoms with Crippen molar-refractivity contribution in [3.8, 4) is 0 Å². The molecular weight excluding hydrogens is 258 g/mol. The van der Waals surface area contributed by atoms with Crippen LogP contribution in [0.1, 0.15) is 6.92 Å². The minimum atomic E-state index is -3.89. The van der Waals surface area contributed by atoms with E-state index in [1.807, 2.05) is 0 Å². The second-order valence-electron chi connectivity index (χ2n) is 3.83. The van der Waals surface area contributed by atoms with Crippen molar-refractivity contribution in [3.63, 3.8) is 0 Å². The Labute approximate surface area is 104 Å². The molecule has 8 heteroatoms. The maximum absolute atomic E-state index is 12.2. The topological polar surface area (TPSA) is 96.4 Å². The molecular formula is C10H11N3O4S. The molecule has 1 fully saturated rings. The van der Waals surface area contributed by atoms with Gasteiger partial charge in [-0.2, -0.15) is 4.31 Å². The smallest absolute Gasteiger partial charge is 0.245 e. The van der Waals surface area contributed by atoms with E-state index in [2.05, 4.69) is 10.3 Å². The SMILES string of the molecule is CC1C(=O)NC(=O)CN1S(=O)(=O)c1cccnc1. The van der Waals surface area contributed by atoms with Gasteiger partial charge in [0.15, 0.2) is 0 Å². The summed E-state index contributed by atoms with van der Waals surface area (Å²) in [6.45, 7) is 1.06. The Morgan fingerprint density at radius 2 is 2.17 bits per heavy atom. The van der Waals surface area contributed by atoms with Gasteiger partial charge in [-0.15, -0.1) is 0 Å². The van der Waals surface area contributed by atoms with Gasteiger partial charge in [-0.05, 0) is 19.1 Å². The van der Waals surface area contributed by atoms with Crippen LogP contribution in [0.2, 0.25) is 0 Å². The summed E-state index contributed by atoms with van der Waals surface area (Å²) in [6, 6.07) is 1.92. The molecule has 2 heterocycles. The number of nitrogens with zero attached hydrogens (tertiary/aromatic N) is 2. The number of pyridine rings is 1. The van der Waals surface area contributed by atoms with Crippen LogP contribution in [0.4, 0.5) is 0 Å². The summed E-state index contributed by atoms with van der Waals surface area (Å²) < 4.78 is 25.4. The molecule has 1 aliphatic rings. The molecule has 0 radical (unpaired) electrons. The minimum absolute atomic E-state index is 0.0423. The number of sulfonamides is 1. The number of aromatic nitrogens is 1. The number of piperazine rings is 1. The number of carbonyl (C=O) groups is 2. The molecule has 2 amide bonds. The number of nitrogens with one attached hydrogen (secondary N) is 1. The van der Waals surface area contributed by atoms with E-state index in [0.717, 1.165) is 4.31 Å². The number of hydrogen-bond donors (Lipinski definition) is 1. The normalized spacial score (nSPS) is 21.7. The zero-order valence-electron chi connectivity index (χ0n) is 9.53. The van der Waals surface area contributed by atoms with E-state index >= 15 is 0 Å². The van der Waals surface area contributed by atoms with Crippen LogP contribution in [0.5, 0.6) is 0 Å². The van der Waals surface area contributed by atoms with E-state index < -0.39 is 27.9 Å². The number of imide groups is 1. The van der Waals surface area contributed by atoms with E-state index in [1.165, 1.54) is 31.5 Å². The average molecular weight is 269 g/mol. The van der Waals surface area contributed by atoms with Crippen LogP contribution in [0, 0.1) is 0 Å². The number of rotatable bonds is 2. The van der Waals surface area contributed by atoms with Gasteiger partial charge in [-0.3, -0.25) is 19.9 Å². The summed E-state index contributed by atoms with van der Waals surface area (Å²) in [5.41, 5.74) is 0. The van der Waals surface area contributed by atoms with Gasteiger partial charge in [0.25, 0.3) is 0 Å². The first-order valence-electron chi connectivity index (χ1n) is 5.18. The largest absolute Gasteiger partial charge is 0.294 e. The molecule has 1 aliphatic heterocycles. The maximum Gasteiger partial charge on any atom is 0.245 e. The summed E-state index contributed by atoms with van der Waals surface area (Å²) in [5, 5.41) is 2.08.